The van der Waals surface area contributed by atoms with E-state index in [1.54, 1.807) is 6.20 Å². The predicted octanol–water partition coefficient (Wildman–Crippen LogP) is 3.26. The number of thioether (sulfide) groups is 1. The van der Waals surface area contributed by atoms with Crippen molar-refractivity contribution in [1.29, 1.82) is 0 Å². The lowest BCUT2D eigenvalue weighted by molar-refractivity contribution is 0.315. The molecule has 0 bridgehead atoms. The van der Waals surface area contributed by atoms with Gasteiger partial charge in [-0.15, -0.1) is 0 Å². The predicted molar refractivity (Wildman–Crippen MR) is 79.1 cm³/mol. The lowest BCUT2D eigenvalue weighted by Crippen LogP contribution is -2.14. The van der Waals surface area contributed by atoms with Crippen molar-refractivity contribution in [3.8, 4) is 5.75 Å². The van der Waals surface area contributed by atoms with Crippen molar-refractivity contribution in [3.05, 3.63) is 24.0 Å². The van der Waals surface area contributed by atoms with Gasteiger partial charge in [-0.25, -0.2) is 0 Å². The maximum atomic E-state index is 6.16. The molecule has 4 heteroatoms. The molecule has 0 aliphatic carbocycles. The van der Waals surface area contributed by atoms with E-state index in [4.69, 9.17) is 10.5 Å². The number of nitrogens with two attached hydrogens (primary N) is 1. The first kappa shape index (κ1) is 15.3. The molecule has 0 radical (unpaired) electrons. The van der Waals surface area contributed by atoms with Crippen LogP contribution in [0.1, 0.15) is 38.8 Å². The fourth-order valence-electron chi connectivity index (χ4n) is 1.46. The number of rotatable bonds is 8. The van der Waals surface area contributed by atoms with Crippen molar-refractivity contribution < 1.29 is 4.74 Å². The van der Waals surface area contributed by atoms with Crippen molar-refractivity contribution in [2.24, 2.45) is 11.7 Å². The van der Waals surface area contributed by atoms with Crippen LogP contribution in [0, 0.1) is 5.92 Å². The number of hydrogen-bond acceptors (Lipinski definition) is 4. The van der Waals surface area contributed by atoms with Gasteiger partial charge >= 0.3 is 0 Å². The molecule has 2 N–H and O–H groups in total. The van der Waals surface area contributed by atoms with E-state index in [1.807, 2.05) is 24.0 Å². The van der Waals surface area contributed by atoms with E-state index in [0.29, 0.717) is 5.92 Å². The SMILES string of the molecule is CCCOc1cncc(C(N)CSCC(C)C)c1. The lowest BCUT2D eigenvalue weighted by atomic mass is 10.1. The Kier molecular flexibility index (Phi) is 7.13. The standard InChI is InChI=1S/C14H24N2OS/c1-4-5-17-13-6-12(7-16-8-13)14(15)10-18-9-11(2)3/h6-8,11,14H,4-5,9-10,15H2,1-3H3. The molecule has 1 rings (SSSR count). The minimum Gasteiger partial charge on any atom is -0.492 e. The van der Waals surface area contributed by atoms with Gasteiger partial charge in [0.1, 0.15) is 5.75 Å². The number of aromatic nitrogens is 1. The van der Waals surface area contributed by atoms with Crippen LogP contribution in [-0.2, 0) is 0 Å². The molecule has 0 fully saturated rings. The van der Waals surface area contributed by atoms with Crippen molar-refractivity contribution >= 4 is 11.8 Å². The van der Waals surface area contributed by atoms with E-state index in [0.717, 1.165) is 35.8 Å². The number of nitrogens with zero attached hydrogens (tertiary/aromatic N) is 1. The van der Waals surface area contributed by atoms with Crippen LogP contribution in [0.15, 0.2) is 18.5 Å². The molecular formula is C14H24N2OS. The summed E-state index contributed by atoms with van der Waals surface area (Å²) in [6, 6.07) is 2.04. The molecule has 1 atom stereocenters. The van der Waals surface area contributed by atoms with Gasteiger partial charge in [0.15, 0.2) is 0 Å². The minimum absolute atomic E-state index is 0.0337. The summed E-state index contributed by atoms with van der Waals surface area (Å²) in [6.45, 7) is 7.26. The third kappa shape index (κ3) is 5.74. The van der Waals surface area contributed by atoms with Gasteiger partial charge in [-0.05, 0) is 29.7 Å². The fraction of sp³-hybridized carbons (Fsp3) is 0.643. The molecule has 1 aromatic heterocycles. The van der Waals surface area contributed by atoms with Crippen molar-refractivity contribution in [1.82, 2.24) is 4.98 Å². The van der Waals surface area contributed by atoms with Crippen LogP contribution in [0.5, 0.6) is 5.75 Å². The van der Waals surface area contributed by atoms with Gasteiger partial charge in [-0.1, -0.05) is 20.8 Å². The molecule has 0 aliphatic heterocycles. The van der Waals surface area contributed by atoms with Gasteiger partial charge in [0.05, 0.1) is 12.8 Å². The Morgan fingerprint density at radius 2 is 2.11 bits per heavy atom. The molecule has 0 saturated carbocycles. The summed E-state index contributed by atoms with van der Waals surface area (Å²) in [7, 11) is 0. The Hall–Kier alpha value is -0.740. The molecule has 0 saturated heterocycles. The molecule has 18 heavy (non-hydrogen) atoms. The molecule has 1 heterocycles. The first-order valence-electron chi connectivity index (χ1n) is 6.54. The second-order valence-corrected chi connectivity index (χ2v) is 5.92. The summed E-state index contributed by atoms with van der Waals surface area (Å²) >= 11 is 1.89. The highest BCUT2D eigenvalue weighted by Gasteiger charge is 2.08. The van der Waals surface area contributed by atoms with Gasteiger partial charge in [-0.2, -0.15) is 11.8 Å². The van der Waals surface area contributed by atoms with Crippen molar-refractivity contribution in [3.63, 3.8) is 0 Å². The van der Waals surface area contributed by atoms with Gasteiger partial charge in [0.2, 0.25) is 0 Å². The van der Waals surface area contributed by atoms with Crippen molar-refractivity contribution in [2.45, 2.75) is 33.2 Å². The average molecular weight is 268 g/mol. The number of ether oxygens (including phenoxy) is 1. The van der Waals surface area contributed by atoms with Crippen LogP contribution in [0.25, 0.3) is 0 Å². The zero-order chi connectivity index (χ0) is 13.4. The lowest BCUT2D eigenvalue weighted by Gasteiger charge is -2.13. The minimum atomic E-state index is 0.0337. The van der Waals surface area contributed by atoms with Crippen LogP contribution in [0.3, 0.4) is 0 Å². The summed E-state index contributed by atoms with van der Waals surface area (Å²) in [5.41, 5.74) is 7.22. The molecule has 1 aromatic rings. The fourth-order valence-corrected chi connectivity index (χ4v) is 2.52. The van der Waals surface area contributed by atoms with E-state index in [9.17, 15) is 0 Å². The normalized spacial score (nSPS) is 12.7. The molecule has 0 spiro atoms. The molecule has 0 amide bonds. The molecule has 0 aromatic carbocycles. The zero-order valence-corrected chi connectivity index (χ0v) is 12.4. The Morgan fingerprint density at radius 3 is 2.78 bits per heavy atom. The molecule has 1 unspecified atom stereocenters. The van der Waals surface area contributed by atoms with Crippen LogP contribution in [-0.4, -0.2) is 23.1 Å². The topological polar surface area (TPSA) is 48.1 Å². The van der Waals surface area contributed by atoms with Crippen molar-refractivity contribution in [2.75, 3.05) is 18.1 Å². The Bertz CT molecular complexity index is 344. The second-order valence-electron chi connectivity index (χ2n) is 4.84. The van der Waals surface area contributed by atoms with E-state index in [-0.39, 0.29) is 6.04 Å². The summed E-state index contributed by atoms with van der Waals surface area (Å²) in [5, 5.41) is 0. The highest BCUT2D eigenvalue weighted by Crippen LogP contribution is 2.20. The van der Waals surface area contributed by atoms with Gasteiger partial charge < -0.3 is 10.5 Å². The summed E-state index contributed by atoms with van der Waals surface area (Å²) < 4.78 is 5.56. The van der Waals surface area contributed by atoms with E-state index >= 15 is 0 Å². The second kappa shape index (κ2) is 8.38. The van der Waals surface area contributed by atoms with Gasteiger partial charge in [0, 0.05) is 18.0 Å². The third-order valence-corrected chi connectivity index (χ3v) is 3.88. The summed E-state index contributed by atoms with van der Waals surface area (Å²) in [5.74, 6) is 3.60. The van der Waals surface area contributed by atoms with Crippen LogP contribution in [0.2, 0.25) is 0 Å². The van der Waals surface area contributed by atoms with E-state index in [1.165, 1.54) is 0 Å². The molecule has 0 aliphatic rings. The maximum Gasteiger partial charge on any atom is 0.137 e. The van der Waals surface area contributed by atoms with Crippen LogP contribution in [0.4, 0.5) is 0 Å². The Balaban J connectivity index is 2.48. The molecule has 3 nitrogen and oxygen atoms in total. The summed E-state index contributed by atoms with van der Waals surface area (Å²) in [6.07, 6.45) is 4.58. The highest BCUT2D eigenvalue weighted by molar-refractivity contribution is 7.99. The summed E-state index contributed by atoms with van der Waals surface area (Å²) in [4.78, 5) is 4.19. The quantitative estimate of drug-likeness (QED) is 0.786. The molecule has 102 valence electrons. The zero-order valence-electron chi connectivity index (χ0n) is 11.6. The number of pyridine rings is 1. The smallest absolute Gasteiger partial charge is 0.137 e. The first-order valence-corrected chi connectivity index (χ1v) is 7.70. The molecular weight excluding hydrogens is 244 g/mol. The van der Waals surface area contributed by atoms with Gasteiger partial charge in [-0.3, -0.25) is 4.98 Å². The largest absolute Gasteiger partial charge is 0.492 e. The third-order valence-electron chi connectivity index (χ3n) is 2.38. The average Bonchev–Trinajstić information content (AvgIpc) is 2.36. The van der Waals surface area contributed by atoms with Crippen LogP contribution < -0.4 is 10.5 Å². The highest BCUT2D eigenvalue weighted by atomic mass is 32.2. The monoisotopic (exact) mass is 268 g/mol. The van der Waals surface area contributed by atoms with E-state index < -0.39 is 0 Å². The first-order chi connectivity index (χ1) is 8.63. The van der Waals surface area contributed by atoms with Gasteiger partial charge in [0.25, 0.3) is 0 Å². The number of hydrogen-bond donors (Lipinski definition) is 1. The van der Waals surface area contributed by atoms with Crippen LogP contribution >= 0.6 is 11.8 Å². The van der Waals surface area contributed by atoms with E-state index in [2.05, 4.69) is 25.8 Å². The maximum absolute atomic E-state index is 6.16. The Morgan fingerprint density at radius 1 is 1.33 bits per heavy atom. The Labute approximate surface area is 115 Å².